The standard InChI is InChI=1S/C14H15BrN2O3/c1-2-17-4-3-16-14(17)12(18)9-7-10(15)13-11(8-9)19-5-6-20-13/h3-4,7-8,12,18H,2,5-6H2,1H3. The van der Waals surface area contributed by atoms with Crippen LogP contribution in [0, 0.1) is 0 Å². The molecule has 0 saturated carbocycles. The van der Waals surface area contributed by atoms with Gasteiger partial charge in [0.1, 0.15) is 25.1 Å². The molecule has 3 rings (SSSR count). The highest BCUT2D eigenvalue weighted by Crippen LogP contribution is 2.40. The fourth-order valence-electron chi connectivity index (χ4n) is 2.27. The van der Waals surface area contributed by atoms with E-state index in [2.05, 4.69) is 20.9 Å². The molecule has 0 saturated heterocycles. The lowest BCUT2D eigenvalue weighted by molar-refractivity contribution is 0.167. The zero-order valence-electron chi connectivity index (χ0n) is 11.0. The topological polar surface area (TPSA) is 56.5 Å². The molecule has 5 nitrogen and oxygen atoms in total. The van der Waals surface area contributed by atoms with E-state index in [1.165, 1.54) is 0 Å². The van der Waals surface area contributed by atoms with Crippen molar-refractivity contribution in [3.05, 3.63) is 40.4 Å². The normalized spacial score (nSPS) is 15.2. The molecule has 1 atom stereocenters. The van der Waals surface area contributed by atoms with Crippen molar-refractivity contribution < 1.29 is 14.6 Å². The Labute approximate surface area is 125 Å². The van der Waals surface area contributed by atoms with Crippen LogP contribution in [0.15, 0.2) is 29.0 Å². The average Bonchev–Trinajstić information content (AvgIpc) is 2.95. The molecule has 1 aromatic heterocycles. The number of benzene rings is 1. The average molecular weight is 339 g/mol. The van der Waals surface area contributed by atoms with Crippen molar-refractivity contribution in [1.29, 1.82) is 0 Å². The van der Waals surface area contributed by atoms with E-state index in [4.69, 9.17) is 9.47 Å². The monoisotopic (exact) mass is 338 g/mol. The molecular formula is C14H15BrN2O3. The molecule has 0 radical (unpaired) electrons. The van der Waals surface area contributed by atoms with Crippen LogP contribution in [-0.4, -0.2) is 27.9 Å². The summed E-state index contributed by atoms with van der Waals surface area (Å²) in [7, 11) is 0. The van der Waals surface area contributed by atoms with Gasteiger partial charge in [0.05, 0.1) is 4.47 Å². The highest BCUT2D eigenvalue weighted by molar-refractivity contribution is 9.10. The van der Waals surface area contributed by atoms with Crippen molar-refractivity contribution in [2.75, 3.05) is 13.2 Å². The maximum Gasteiger partial charge on any atom is 0.175 e. The van der Waals surface area contributed by atoms with Gasteiger partial charge in [-0.25, -0.2) is 4.98 Å². The summed E-state index contributed by atoms with van der Waals surface area (Å²) in [6.45, 7) is 3.83. The predicted octanol–water partition coefficient (Wildman–Crippen LogP) is 2.52. The second-order valence-electron chi connectivity index (χ2n) is 4.50. The van der Waals surface area contributed by atoms with E-state index in [0.29, 0.717) is 30.5 Å². The lowest BCUT2D eigenvalue weighted by Gasteiger charge is -2.21. The fraction of sp³-hybridized carbons (Fsp3) is 0.357. The molecule has 0 amide bonds. The summed E-state index contributed by atoms with van der Waals surface area (Å²) < 4.78 is 13.8. The molecule has 6 heteroatoms. The number of hydrogen-bond acceptors (Lipinski definition) is 4. The Kier molecular flexibility index (Phi) is 3.67. The first-order chi connectivity index (χ1) is 9.70. The molecule has 0 aliphatic carbocycles. The first-order valence-electron chi connectivity index (χ1n) is 6.49. The van der Waals surface area contributed by atoms with Crippen molar-refractivity contribution in [2.24, 2.45) is 0 Å². The third kappa shape index (κ3) is 2.29. The summed E-state index contributed by atoms with van der Waals surface area (Å²) in [5, 5.41) is 10.5. The number of ether oxygens (including phenoxy) is 2. The minimum atomic E-state index is -0.794. The Morgan fingerprint density at radius 1 is 1.40 bits per heavy atom. The molecular weight excluding hydrogens is 324 g/mol. The second-order valence-corrected chi connectivity index (χ2v) is 5.36. The van der Waals surface area contributed by atoms with Crippen LogP contribution in [0.25, 0.3) is 0 Å². The number of hydrogen-bond donors (Lipinski definition) is 1. The summed E-state index contributed by atoms with van der Waals surface area (Å²) >= 11 is 3.46. The number of aliphatic hydroxyl groups excluding tert-OH is 1. The summed E-state index contributed by atoms with van der Waals surface area (Å²) in [6.07, 6.45) is 2.75. The maximum atomic E-state index is 10.5. The van der Waals surface area contributed by atoms with E-state index < -0.39 is 6.10 Å². The van der Waals surface area contributed by atoms with E-state index >= 15 is 0 Å². The first-order valence-corrected chi connectivity index (χ1v) is 7.28. The largest absolute Gasteiger partial charge is 0.486 e. The van der Waals surface area contributed by atoms with Crippen molar-refractivity contribution >= 4 is 15.9 Å². The molecule has 1 unspecified atom stereocenters. The van der Waals surface area contributed by atoms with Crippen LogP contribution < -0.4 is 9.47 Å². The first kappa shape index (κ1) is 13.5. The van der Waals surface area contributed by atoms with Gasteiger partial charge in [-0.2, -0.15) is 0 Å². The van der Waals surface area contributed by atoms with Crippen LogP contribution in [0.4, 0.5) is 0 Å². The Bertz CT molecular complexity index is 627. The van der Waals surface area contributed by atoms with Gasteiger partial charge in [-0.15, -0.1) is 0 Å². The Balaban J connectivity index is 2.00. The molecule has 1 aliphatic heterocycles. The third-order valence-electron chi connectivity index (χ3n) is 3.27. The Morgan fingerprint density at radius 2 is 2.20 bits per heavy atom. The van der Waals surface area contributed by atoms with Gasteiger partial charge in [0.2, 0.25) is 0 Å². The molecule has 106 valence electrons. The van der Waals surface area contributed by atoms with E-state index in [0.717, 1.165) is 16.6 Å². The highest BCUT2D eigenvalue weighted by Gasteiger charge is 2.22. The molecule has 20 heavy (non-hydrogen) atoms. The van der Waals surface area contributed by atoms with Gasteiger partial charge in [-0.1, -0.05) is 0 Å². The summed E-state index contributed by atoms with van der Waals surface area (Å²) in [5.41, 5.74) is 0.724. The predicted molar refractivity (Wildman–Crippen MR) is 77.1 cm³/mol. The number of imidazole rings is 1. The van der Waals surface area contributed by atoms with Crippen LogP contribution >= 0.6 is 15.9 Å². The smallest absolute Gasteiger partial charge is 0.175 e. The number of fused-ring (bicyclic) bond motifs is 1. The molecule has 0 bridgehead atoms. The number of rotatable bonds is 3. The van der Waals surface area contributed by atoms with Gasteiger partial charge < -0.3 is 19.1 Å². The zero-order valence-corrected chi connectivity index (χ0v) is 12.6. The Morgan fingerprint density at radius 3 is 3.00 bits per heavy atom. The van der Waals surface area contributed by atoms with Crippen LogP contribution in [0.3, 0.4) is 0 Å². The molecule has 1 aliphatic rings. The molecule has 1 N–H and O–H groups in total. The fourth-order valence-corrected chi connectivity index (χ4v) is 2.85. The van der Waals surface area contributed by atoms with Gasteiger partial charge in [0.15, 0.2) is 11.5 Å². The number of aliphatic hydroxyl groups is 1. The van der Waals surface area contributed by atoms with Crippen LogP contribution in [0.1, 0.15) is 24.4 Å². The van der Waals surface area contributed by atoms with Crippen molar-refractivity contribution in [2.45, 2.75) is 19.6 Å². The third-order valence-corrected chi connectivity index (χ3v) is 3.86. The molecule has 0 fully saturated rings. The van der Waals surface area contributed by atoms with Crippen molar-refractivity contribution in [1.82, 2.24) is 9.55 Å². The zero-order chi connectivity index (χ0) is 14.1. The van der Waals surface area contributed by atoms with Crippen LogP contribution in [-0.2, 0) is 6.54 Å². The summed E-state index contributed by atoms with van der Waals surface area (Å²) in [5.74, 6) is 1.95. The van der Waals surface area contributed by atoms with E-state index in [-0.39, 0.29) is 0 Å². The Hall–Kier alpha value is -1.53. The van der Waals surface area contributed by atoms with E-state index in [1.807, 2.05) is 23.8 Å². The minimum Gasteiger partial charge on any atom is -0.486 e. The van der Waals surface area contributed by atoms with Gasteiger partial charge in [-0.3, -0.25) is 0 Å². The summed E-state index contributed by atoms with van der Waals surface area (Å²) in [4.78, 5) is 4.23. The van der Waals surface area contributed by atoms with E-state index in [1.54, 1.807) is 12.3 Å². The van der Waals surface area contributed by atoms with Gasteiger partial charge in [-0.05, 0) is 40.5 Å². The SMILES string of the molecule is CCn1ccnc1C(O)c1cc(Br)c2c(c1)OCCO2. The molecule has 2 aromatic rings. The number of nitrogens with zero attached hydrogens (tertiary/aromatic N) is 2. The highest BCUT2D eigenvalue weighted by atomic mass is 79.9. The molecule has 1 aromatic carbocycles. The molecule has 0 spiro atoms. The van der Waals surface area contributed by atoms with Crippen LogP contribution in [0.5, 0.6) is 11.5 Å². The van der Waals surface area contributed by atoms with E-state index in [9.17, 15) is 5.11 Å². The molecule has 2 heterocycles. The lowest BCUT2D eigenvalue weighted by atomic mass is 10.1. The second kappa shape index (κ2) is 5.46. The number of aryl methyl sites for hydroxylation is 1. The lowest BCUT2D eigenvalue weighted by Crippen LogP contribution is -2.16. The van der Waals surface area contributed by atoms with Crippen molar-refractivity contribution in [3.63, 3.8) is 0 Å². The summed E-state index contributed by atoms with van der Waals surface area (Å²) in [6, 6.07) is 3.64. The quantitative estimate of drug-likeness (QED) is 0.934. The van der Waals surface area contributed by atoms with Crippen molar-refractivity contribution in [3.8, 4) is 11.5 Å². The minimum absolute atomic E-state index is 0.516. The van der Waals surface area contributed by atoms with Gasteiger partial charge in [0, 0.05) is 18.9 Å². The van der Waals surface area contributed by atoms with Crippen LogP contribution in [0.2, 0.25) is 0 Å². The number of halogens is 1. The van der Waals surface area contributed by atoms with Gasteiger partial charge >= 0.3 is 0 Å². The number of aromatic nitrogens is 2. The van der Waals surface area contributed by atoms with Gasteiger partial charge in [0.25, 0.3) is 0 Å². The maximum absolute atomic E-state index is 10.5.